The van der Waals surface area contributed by atoms with Crippen LogP contribution < -0.4 is 9.47 Å². The summed E-state index contributed by atoms with van der Waals surface area (Å²) in [6, 6.07) is 14.2. The fourth-order valence-electron chi connectivity index (χ4n) is 4.22. The molecule has 0 N–H and O–H groups in total. The van der Waals surface area contributed by atoms with Gasteiger partial charge in [-0.2, -0.15) is 4.98 Å². The number of aromatic nitrogens is 4. The van der Waals surface area contributed by atoms with Crippen LogP contribution in [0.1, 0.15) is 45.1 Å². The summed E-state index contributed by atoms with van der Waals surface area (Å²) in [5.74, 6) is 2.71. The van der Waals surface area contributed by atoms with Crippen molar-refractivity contribution in [3.8, 4) is 11.5 Å². The number of ether oxygens (including phenoxy) is 2. The number of benzene rings is 2. The molecule has 0 saturated heterocycles. The number of methoxy groups -OCH3 is 2. The maximum absolute atomic E-state index is 13.0. The van der Waals surface area contributed by atoms with Gasteiger partial charge >= 0.3 is 0 Å². The monoisotopic (exact) mass is 460 g/mol. The fourth-order valence-corrected chi connectivity index (χ4v) is 4.99. The third-order valence-electron chi connectivity index (χ3n) is 5.89. The highest BCUT2D eigenvalue weighted by Crippen LogP contribution is 2.36. The van der Waals surface area contributed by atoms with E-state index >= 15 is 0 Å². The first-order valence-electron chi connectivity index (χ1n) is 10.7. The van der Waals surface area contributed by atoms with Gasteiger partial charge in [-0.15, -0.1) is 5.10 Å². The van der Waals surface area contributed by atoms with Crippen molar-refractivity contribution >= 4 is 23.3 Å². The van der Waals surface area contributed by atoms with Crippen molar-refractivity contribution in [3.05, 3.63) is 76.6 Å². The molecule has 1 aliphatic rings. The first-order valence-corrected chi connectivity index (χ1v) is 11.7. The fraction of sp³-hybridized carbons (Fsp3) is 0.280. The molecule has 0 aliphatic heterocycles. The zero-order valence-electron chi connectivity index (χ0n) is 18.7. The van der Waals surface area contributed by atoms with Crippen molar-refractivity contribution in [2.24, 2.45) is 0 Å². The third-order valence-corrected chi connectivity index (χ3v) is 6.80. The van der Waals surface area contributed by atoms with E-state index < -0.39 is 0 Å². The summed E-state index contributed by atoms with van der Waals surface area (Å²) < 4.78 is 12.4. The Bertz CT molecular complexity index is 1350. The van der Waals surface area contributed by atoms with Crippen molar-refractivity contribution in [2.45, 2.75) is 36.6 Å². The second-order valence-corrected chi connectivity index (χ2v) is 9.10. The van der Waals surface area contributed by atoms with Gasteiger partial charge in [0.25, 0.3) is 5.78 Å². The van der Waals surface area contributed by atoms with Gasteiger partial charge in [-0.3, -0.25) is 4.79 Å². The van der Waals surface area contributed by atoms with Crippen molar-refractivity contribution in [2.75, 3.05) is 14.2 Å². The van der Waals surface area contributed by atoms with Crippen LogP contribution in [-0.4, -0.2) is 39.6 Å². The highest BCUT2D eigenvalue weighted by atomic mass is 32.2. The second kappa shape index (κ2) is 8.86. The molecule has 2 aromatic heterocycles. The topological polar surface area (TPSA) is 78.6 Å². The number of ketones is 1. The molecule has 33 heavy (non-hydrogen) atoms. The lowest BCUT2D eigenvalue weighted by Gasteiger charge is -2.23. The summed E-state index contributed by atoms with van der Waals surface area (Å²) in [6.07, 6.45) is 2.85. The average Bonchev–Trinajstić information content (AvgIpc) is 3.23. The number of Topliss-reactive ketones (excluding diaryl/α,β-unsaturated/α-hetero) is 1. The molecule has 0 fully saturated rings. The number of carbonyl (C=O) groups is 1. The standard InChI is InChI=1S/C25H24N4O3S/c1-15-5-4-6-16(9-15)14-33-25-27-24-26-20-10-18(11-21(30)19(20)13-29(24)28-25)17-7-8-22(31-2)23(12-17)32-3/h4-9,12-13,18H,10-11,14H2,1-3H3/t18-/m0/s1. The summed E-state index contributed by atoms with van der Waals surface area (Å²) in [5, 5.41) is 5.18. The molecule has 8 heteroatoms. The smallest absolute Gasteiger partial charge is 0.253 e. The minimum absolute atomic E-state index is 0.0258. The zero-order chi connectivity index (χ0) is 22.9. The van der Waals surface area contributed by atoms with Gasteiger partial charge in [-0.1, -0.05) is 47.7 Å². The molecule has 0 amide bonds. The summed E-state index contributed by atoms with van der Waals surface area (Å²) in [7, 11) is 3.22. The maximum atomic E-state index is 13.0. The molecular formula is C25H24N4O3S. The van der Waals surface area contributed by atoms with Crippen LogP contribution in [0.3, 0.4) is 0 Å². The van der Waals surface area contributed by atoms with Crippen LogP contribution in [0.2, 0.25) is 0 Å². The highest BCUT2D eigenvalue weighted by molar-refractivity contribution is 7.98. The Labute approximate surface area is 196 Å². The summed E-state index contributed by atoms with van der Waals surface area (Å²) >= 11 is 1.56. The first kappa shape index (κ1) is 21.5. The third kappa shape index (κ3) is 4.30. The number of hydrogen-bond donors (Lipinski definition) is 0. The second-order valence-electron chi connectivity index (χ2n) is 8.16. The van der Waals surface area contributed by atoms with E-state index in [2.05, 4.69) is 41.3 Å². The molecule has 2 aromatic carbocycles. The average molecular weight is 461 g/mol. The van der Waals surface area contributed by atoms with E-state index in [-0.39, 0.29) is 11.7 Å². The largest absolute Gasteiger partial charge is 0.493 e. The lowest BCUT2D eigenvalue weighted by atomic mass is 9.82. The lowest BCUT2D eigenvalue weighted by molar-refractivity contribution is 0.0962. The quantitative estimate of drug-likeness (QED) is 0.387. The summed E-state index contributed by atoms with van der Waals surface area (Å²) in [4.78, 5) is 22.3. The molecule has 0 saturated carbocycles. The highest BCUT2D eigenvalue weighted by Gasteiger charge is 2.29. The minimum atomic E-state index is 0.0258. The number of thioether (sulfide) groups is 1. The summed E-state index contributed by atoms with van der Waals surface area (Å²) in [5.41, 5.74) is 4.87. The molecule has 1 aliphatic carbocycles. The van der Waals surface area contributed by atoms with Crippen molar-refractivity contribution in [3.63, 3.8) is 0 Å². The molecular weight excluding hydrogens is 436 g/mol. The Balaban J connectivity index is 1.40. The Hall–Kier alpha value is -3.39. The van der Waals surface area contributed by atoms with Gasteiger partial charge in [0.05, 0.1) is 25.5 Å². The van der Waals surface area contributed by atoms with E-state index in [4.69, 9.17) is 14.5 Å². The van der Waals surface area contributed by atoms with Crippen molar-refractivity contribution in [1.29, 1.82) is 0 Å². The molecule has 5 rings (SSSR count). The summed E-state index contributed by atoms with van der Waals surface area (Å²) in [6.45, 7) is 2.08. The molecule has 0 radical (unpaired) electrons. The number of rotatable bonds is 6. The van der Waals surface area contributed by atoms with Crippen LogP contribution in [0.15, 0.2) is 53.8 Å². The minimum Gasteiger partial charge on any atom is -0.493 e. The van der Waals surface area contributed by atoms with Gasteiger partial charge in [0.15, 0.2) is 17.3 Å². The van der Waals surface area contributed by atoms with Crippen LogP contribution in [0.4, 0.5) is 0 Å². The van der Waals surface area contributed by atoms with E-state index in [1.807, 2.05) is 18.2 Å². The van der Waals surface area contributed by atoms with E-state index in [0.29, 0.717) is 40.8 Å². The predicted octanol–water partition coefficient (Wildman–Crippen LogP) is 4.65. The Morgan fingerprint density at radius 3 is 2.70 bits per heavy atom. The molecule has 1 atom stereocenters. The van der Waals surface area contributed by atoms with Crippen LogP contribution in [-0.2, 0) is 12.2 Å². The van der Waals surface area contributed by atoms with E-state index in [1.54, 1.807) is 36.7 Å². The molecule has 0 bridgehead atoms. The van der Waals surface area contributed by atoms with Crippen molar-refractivity contribution < 1.29 is 14.3 Å². The van der Waals surface area contributed by atoms with Crippen LogP contribution in [0.5, 0.6) is 11.5 Å². The molecule has 4 aromatic rings. The van der Waals surface area contributed by atoms with Crippen LogP contribution >= 0.6 is 11.8 Å². The maximum Gasteiger partial charge on any atom is 0.253 e. The Morgan fingerprint density at radius 2 is 1.91 bits per heavy atom. The number of fused-ring (bicyclic) bond motifs is 2. The van der Waals surface area contributed by atoms with Crippen LogP contribution in [0, 0.1) is 6.92 Å². The van der Waals surface area contributed by atoms with Gasteiger partial charge in [-0.25, -0.2) is 9.50 Å². The van der Waals surface area contributed by atoms with E-state index in [9.17, 15) is 4.79 Å². The first-order chi connectivity index (χ1) is 16.0. The Kier molecular flexibility index (Phi) is 5.76. The predicted molar refractivity (Wildman–Crippen MR) is 126 cm³/mol. The van der Waals surface area contributed by atoms with E-state index in [0.717, 1.165) is 17.0 Å². The molecule has 0 unspecified atom stereocenters. The van der Waals surface area contributed by atoms with Gasteiger partial charge in [0.1, 0.15) is 0 Å². The van der Waals surface area contributed by atoms with Gasteiger partial charge in [-0.05, 0) is 42.5 Å². The molecule has 2 heterocycles. The Morgan fingerprint density at radius 1 is 1.06 bits per heavy atom. The molecule has 0 spiro atoms. The van der Waals surface area contributed by atoms with Gasteiger partial charge in [0, 0.05) is 18.4 Å². The number of carbonyl (C=O) groups excluding carboxylic acids is 1. The van der Waals surface area contributed by atoms with Gasteiger partial charge in [0.2, 0.25) is 5.16 Å². The number of hydrogen-bond acceptors (Lipinski definition) is 7. The number of nitrogens with zero attached hydrogens (tertiary/aromatic N) is 4. The number of aryl methyl sites for hydroxylation is 1. The lowest BCUT2D eigenvalue weighted by Crippen LogP contribution is -2.21. The zero-order valence-corrected chi connectivity index (χ0v) is 19.6. The SMILES string of the molecule is COc1ccc([C@@H]2CC(=O)c3cn4nc(SCc5cccc(C)c5)nc4nc3C2)cc1OC. The van der Waals surface area contributed by atoms with Crippen molar-refractivity contribution in [1.82, 2.24) is 19.6 Å². The molecule has 168 valence electrons. The van der Waals surface area contributed by atoms with Crippen LogP contribution in [0.25, 0.3) is 5.78 Å². The van der Waals surface area contributed by atoms with E-state index in [1.165, 1.54) is 11.1 Å². The molecule has 7 nitrogen and oxygen atoms in total. The van der Waals surface area contributed by atoms with Gasteiger partial charge < -0.3 is 9.47 Å². The normalized spacial score (nSPS) is 15.5.